The Bertz CT molecular complexity index is 799. The Hall–Kier alpha value is -2.77. The summed E-state index contributed by atoms with van der Waals surface area (Å²) >= 11 is 0. The van der Waals surface area contributed by atoms with Crippen molar-refractivity contribution in [1.29, 1.82) is 0 Å². The second-order valence-corrected chi connectivity index (χ2v) is 9.64. The molecule has 1 atom stereocenters. The van der Waals surface area contributed by atoms with Gasteiger partial charge >= 0.3 is 6.09 Å². The van der Waals surface area contributed by atoms with Crippen molar-refractivity contribution in [3.05, 3.63) is 29.8 Å². The Balaban J connectivity index is 2.25. The number of unbranched alkanes of at least 4 members (excludes halogenated alkanes) is 1. The van der Waals surface area contributed by atoms with Crippen LogP contribution in [0.5, 0.6) is 5.75 Å². The summed E-state index contributed by atoms with van der Waals surface area (Å²) in [5.41, 5.74) is -0.149. The highest BCUT2D eigenvalue weighted by Gasteiger charge is 2.33. The predicted molar refractivity (Wildman–Crippen MR) is 127 cm³/mol. The van der Waals surface area contributed by atoms with Crippen LogP contribution in [0.3, 0.4) is 0 Å². The molecular formula is C25H39N3O5. The average molecular weight is 462 g/mol. The summed E-state index contributed by atoms with van der Waals surface area (Å²) in [4.78, 5) is 40.2. The zero-order valence-electron chi connectivity index (χ0n) is 20.4. The van der Waals surface area contributed by atoms with E-state index in [1.54, 1.807) is 32.9 Å². The highest BCUT2D eigenvalue weighted by Crippen LogP contribution is 2.26. The third kappa shape index (κ3) is 8.94. The lowest BCUT2D eigenvalue weighted by Crippen LogP contribution is -2.50. The molecule has 0 aromatic heterocycles. The number of hydrogen-bond acceptors (Lipinski definition) is 5. The molecule has 0 radical (unpaired) electrons. The van der Waals surface area contributed by atoms with Crippen molar-refractivity contribution < 1.29 is 24.2 Å². The van der Waals surface area contributed by atoms with Crippen molar-refractivity contribution in [3.63, 3.8) is 0 Å². The van der Waals surface area contributed by atoms with Crippen LogP contribution < -0.4 is 10.6 Å². The molecule has 184 valence electrons. The van der Waals surface area contributed by atoms with Crippen LogP contribution in [0.2, 0.25) is 0 Å². The molecule has 1 aliphatic rings. The number of aromatic hydroxyl groups is 1. The van der Waals surface area contributed by atoms with Crippen LogP contribution in [0, 0.1) is 0 Å². The summed E-state index contributed by atoms with van der Waals surface area (Å²) in [7, 11) is 0. The van der Waals surface area contributed by atoms with Gasteiger partial charge in [0.05, 0.1) is 0 Å². The molecule has 33 heavy (non-hydrogen) atoms. The van der Waals surface area contributed by atoms with E-state index >= 15 is 0 Å². The number of benzene rings is 1. The second kappa shape index (κ2) is 12.5. The van der Waals surface area contributed by atoms with Gasteiger partial charge < -0.3 is 25.4 Å². The number of ether oxygens (including phenoxy) is 1. The van der Waals surface area contributed by atoms with Gasteiger partial charge in [-0.1, -0.05) is 44.7 Å². The summed E-state index contributed by atoms with van der Waals surface area (Å²) in [5, 5.41) is 15.7. The number of alkyl carbamates (subject to hydrolysis) is 1. The number of nitrogens with zero attached hydrogens (tertiary/aromatic N) is 1. The van der Waals surface area contributed by atoms with Crippen LogP contribution in [-0.2, 0) is 14.3 Å². The largest absolute Gasteiger partial charge is 0.508 e. The predicted octanol–water partition coefficient (Wildman–Crippen LogP) is 4.04. The minimum atomic E-state index is -0.904. The molecule has 1 aromatic rings. The maximum atomic E-state index is 13.5. The van der Waals surface area contributed by atoms with E-state index in [1.165, 1.54) is 23.5 Å². The lowest BCUT2D eigenvalue weighted by Gasteiger charge is -2.33. The van der Waals surface area contributed by atoms with Gasteiger partial charge in [-0.25, -0.2) is 4.79 Å². The van der Waals surface area contributed by atoms with Crippen molar-refractivity contribution in [2.24, 2.45) is 0 Å². The molecule has 0 bridgehead atoms. The molecule has 3 amide bonds. The quantitative estimate of drug-likeness (QED) is 0.514. The first-order valence-corrected chi connectivity index (χ1v) is 12.0. The summed E-state index contributed by atoms with van der Waals surface area (Å²) in [5.74, 6) is -0.631. The standard InChI is InChI=1S/C25H39N3O5/c1-5-6-15-28(21(30)17-26-24(32)33-25(2,3)4)22(18-11-10-14-20(29)16-18)23(31)27-19-12-8-7-9-13-19/h10-11,14,16,19,22,29H,5-9,12-13,15,17H2,1-4H3,(H,26,32)(H,27,31). The highest BCUT2D eigenvalue weighted by molar-refractivity contribution is 5.90. The fourth-order valence-corrected chi connectivity index (χ4v) is 3.98. The third-order valence-electron chi connectivity index (χ3n) is 5.55. The van der Waals surface area contributed by atoms with E-state index in [0.29, 0.717) is 18.5 Å². The molecule has 3 N–H and O–H groups in total. The number of nitrogens with one attached hydrogen (secondary N) is 2. The van der Waals surface area contributed by atoms with Gasteiger partial charge in [0, 0.05) is 12.6 Å². The van der Waals surface area contributed by atoms with Crippen molar-refractivity contribution in [3.8, 4) is 5.75 Å². The number of carbonyl (C=O) groups excluding carboxylic acids is 3. The summed E-state index contributed by atoms with van der Waals surface area (Å²) in [6, 6.07) is 5.61. The van der Waals surface area contributed by atoms with Crippen molar-refractivity contribution in [2.75, 3.05) is 13.1 Å². The van der Waals surface area contributed by atoms with Crippen LogP contribution in [0.1, 0.15) is 84.2 Å². The van der Waals surface area contributed by atoms with E-state index in [2.05, 4.69) is 10.6 Å². The lowest BCUT2D eigenvalue weighted by atomic mass is 9.94. The smallest absolute Gasteiger partial charge is 0.408 e. The molecule has 0 spiro atoms. The molecular weight excluding hydrogens is 422 g/mol. The molecule has 0 saturated heterocycles. The van der Waals surface area contributed by atoms with E-state index in [0.717, 1.165) is 32.1 Å². The third-order valence-corrected chi connectivity index (χ3v) is 5.55. The first-order valence-electron chi connectivity index (χ1n) is 12.0. The van der Waals surface area contributed by atoms with Gasteiger partial charge in [0.1, 0.15) is 23.9 Å². The minimum absolute atomic E-state index is 0.0257. The number of rotatable bonds is 9. The lowest BCUT2D eigenvalue weighted by molar-refractivity contribution is -0.140. The normalized spacial score (nSPS) is 15.4. The van der Waals surface area contributed by atoms with Gasteiger partial charge in [-0.15, -0.1) is 0 Å². The van der Waals surface area contributed by atoms with Crippen LogP contribution in [0.4, 0.5) is 4.79 Å². The maximum Gasteiger partial charge on any atom is 0.408 e. The second-order valence-electron chi connectivity index (χ2n) is 9.64. The van der Waals surface area contributed by atoms with E-state index in [4.69, 9.17) is 4.74 Å². The Kier molecular flexibility index (Phi) is 10.0. The van der Waals surface area contributed by atoms with Crippen LogP contribution in [0.25, 0.3) is 0 Å². The van der Waals surface area contributed by atoms with E-state index in [-0.39, 0.29) is 30.2 Å². The number of carbonyl (C=O) groups is 3. The topological polar surface area (TPSA) is 108 Å². The van der Waals surface area contributed by atoms with Crippen LogP contribution in [-0.4, -0.2) is 52.6 Å². The van der Waals surface area contributed by atoms with Gasteiger partial charge in [-0.3, -0.25) is 9.59 Å². The Labute approximate surface area is 197 Å². The fraction of sp³-hybridized carbons (Fsp3) is 0.640. The van der Waals surface area contributed by atoms with E-state index < -0.39 is 17.7 Å². The Morgan fingerprint density at radius 1 is 1.18 bits per heavy atom. The SMILES string of the molecule is CCCCN(C(=O)CNC(=O)OC(C)(C)C)C(C(=O)NC1CCCCC1)c1cccc(O)c1. The van der Waals surface area contributed by atoms with Crippen molar-refractivity contribution >= 4 is 17.9 Å². The van der Waals surface area contributed by atoms with E-state index in [9.17, 15) is 19.5 Å². The number of phenolic OH excluding ortho intramolecular Hbond substituents is 1. The van der Waals surface area contributed by atoms with Gasteiger partial charge in [0.2, 0.25) is 11.8 Å². The molecule has 0 aliphatic heterocycles. The highest BCUT2D eigenvalue weighted by atomic mass is 16.6. The number of hydrogen-bond donors (Lipinski definition) is 3. The van der Waals surface area contributed by atoms with Crippen LogP contribution >= 0.6 is 0 Å². The van der Waals surface area contributed by atoms with Crippen molar-refractivity contribution in [2.45, 2.75) is 90.3 Å². The molecule has 1 aliphatic carbocycles. The van der Waals surface area contributed by atoms with Crippen LogP contribution in [0.15, 0.2) is 24.3 Å². The zero-order valence-corrected chi connectivity index (χ0v) is 20.4. The monoisotopic (exact) mass is 461 g/mol. The minimum Gasteiger partial charge on any atom is -0.508 e. The molecule has 2 rings (SSSR count). The average Bonchev–Trinajstić information content (AvgIpc) is 2.74. The maximum absolute atomic E-state index is 13.5. The number of phenols is 1. The molecule has 8 nitrogen and oxygen atoms in total. The molecule has 1 saturated carbocycles. The summed E-state index contributed by atoms with van der Waals surface area (Å²) < 4.78 is 5.22. The molecule has 1 aromatic carbocycles. The fourth-order valence-electron chi connectivity index (χ4n) is 3.98. The molecule has 1 unspecified atom stereocenters. The van der Waals surface area contributed by atoms with Gasteiger partial charge in [0.15, 0.2) is 0 Å². The number of amides is 3. The van der Waals surface area contributed by atoms with Crippen molar-refractivity contribution in [1.82, 2.24) is 15.5 Å². The first-order chi connectivity index (χ1) is 15.6. The first kappa shape index (κ1) is 26.5. The Morgan fingerprint density at radius 2 is 1.88 bits per heavy atom. The molecule has 1 fully saturated rings. The molecule has 0 heterocycles. The summed E-state index contributed by atoms with van der Waals surface area (Å²) in [6.45, 7) is 7.31. The van der Waals surface area contributed by atoms with Gasteiger partial charge in [-0.05, 0) is 57.7 Å². The van der Waals surface area contributed by atoms with E-state index in [1.807, 2.05) is 6.92 Å². The molecule has 8 heteroatoms. The van der Waals surface area contributed by atoms with Gasteiger partial charge in [-0.2, -0.15) is 0 Å². The Morgan fingerprint density at radius 3 is 2.48 bits per heavy atom. The summed E-state index contributed by atoms with van der Waals surface area (Å²) in [6.07, 6.45) is 5.99. The van der Waals surface area contributed by atoms with Gasteiger partial charge in [0.25, 0.3) is 0 Å². The zero-order chi connectivity index (χ0) is 24.4.